The van der Waals surface area contributed by atoms with Crippen LogP contribution in [0.25, 0.3) is 0 Å². The molecule has 0 heterocycles. The van der Waals surface area contributed by atoms with Gasteiger partial charge in [-0.25, -0.2) is 13.2 Å². The highest BCUT2D eigenvalue weighted by Gasteiger charge is 2.12. The molecule has 0 saturated heterocycles. The van der Waals surface area contributed by atoms with E-state index in [1.807, 2.05) is 0 Å². The van der Waals surface area contributed by atoms with Gasteiger partial charge in [-0.2, -0.15) is 0 Å². The third-order valence-corrected chi connectivity index (χ3v) is 2.89. The molecule has 0 saturated carbocycles. The molecule has 1 nitrogen and oxygen atoms in total. The lowest BCUT2D eigenvalue weighted by atomic mass is 10.00. The molecule has 100 valence electrons. The molecule has 2 aromatic carbocycles. The predicted octanol–water partition coefficient (Wildman–Crippen LogP) is 4.04. The predicted molar refractivity (Wildman–Crippen MR) is 66.5 cm³/mol. The van der Waals surface area contributed by atoms with Gasteiger partial charge in [0.15, 0.2) is 0 Å². The van der Waals surface area contributed by atoms with Crippen molar-refractivity contribution in [3.8, 4) is 0 Å². The summed E-state index contributed by atoms with van der Waals surface area (Å²) in [7, 11) is 0. The largest absolute Gasteiger partial charge is 0.388 e. The molecule has 1 unspecified atom stereocenters. The summed E-state index contributed by atoms with van der Waals surface area (Å²) in [6.07, 6.45) is -3.19. The van der Waals surface area contributed by atoms with Crippen LogP contribution in [0.15, 0.2) is 48.5 Å². The number of aliphatic hydroxyl groups is 1. The van der Waals surface area contributed by atoms with Crippen molar-refractivity contribution in [2.24, 2.45) is 0 Å². The van der Waals surface area contributed by atoms with E-state index in [2.05, 4.69) is 0 Å². The van der Waals surface area contributed by atoms with E-state index in [1.54, 1.807) is 18.2 Å². The van der Waals surface area contributed by atoms with Gasteiger partial charge >= 0.3 is 0 Å². The smallest absolute Gasteiger partial charge is 0.263 e. The lowest BCUT2D eigenvalue weighted by Crippen LogP contribution is -2.02. The summed E-state index contributed by atoms with van der Waals surface area (Å²) in [5.74, 6) is -0.349. The number of benzene rings is 2. The Balaban J connectivity index is 2.13. The van der Waals surface area contributed by atoms with Gasteiger partial charge in [-0.05, 0) is 29.3 Å². The maximum Gasteiger partial charge on any atom is 0.263 e. The zero-order valence-electron chi connectivity index (χ0n) is 10.1. The normalized spacial score (nSPS) is 12.7. The van der Waals surface area contributed by atoms with Gasteiger partial charge in [0.25, 0.3) is 6.43 Å². The van der Waals surface area contributed by atoms with Crippen LogP contribution in [0.3, 0.4) is 0 Å². The molecule has 0 aromatic heterocycles. The molecule has 1 N–H and O–H groups in total. The maximum absolute atomic E-state index is 12.7. The Labute approximate surface area is 109 Å². The molecule has 0 aliphatic rings. The van der Waals surface area contributed by atoms with Crippen molar-refractivity contribution in [2.45, 2.75) is 19.0 Å². The SMILES string of the molecule is OC(Cc1ccc(F)cc1)c1cccc(C(F)F)c1. The second kappa shape index (κ2) is 5.89. The Morgan fingerprint density at radius 3 is 2.21 bits per heavy atom. The monoisotopic (exact) mass is 266 g/mol. The maximum atomic E-state index is 12.7. The molecule has 0 aliphatic heterocycles. The summed E-state index contributed by atoms with van der Waals surface area (Å²) in [5.41, 5.74) is 1.06. The molecule has 1 atom stereocenters. The second-order valence-electron chi connectivity index (χ2n) is 4.32. The first-order chi connectivity index (χ1) is 9.06. The first-order valence-electron chi connectivity index (χ1n) is 5.87. The van der Waals surface area contributed by atoms with Crippen molar-refractivity contribution >= 4 is 0 Å². The van der Waals surface area contributed by atoms with Crippen LogP contribution < -0.4 is 0 Å². The average molecular weight is 266 g/mol. The van der Waals surface area contributed by atoms with Gasteiger partial charge in [-0.15, -0.1) is 0 Å². The number of rotatable bonds is 4. The van der Waals surface area contributed by atoms with Gasteiger partial charge < -0.3 is 5.11 Å². The van der Waals surface area contributed by atoms with Crippen LogP contribution in [0.2, 0.25) is 0 Å². The van der Waals surface area contributed by atoms with Crippen LogP contribution in [0.4, 0.5) is 13.2 Å². The molecule has 0 fully saturated rings. The van der Waals surface area contributed by atoms with Gasteiger partial charge in [0.05, 0.1) is 6.10 Å². The van der Waals surface area contributed by atoms with E-state index in [0.29, 0.717) is 5.56 Å². The van der Waals surface area contributed by atoms with Crippen molar-refractivity contribution in [1.29, 1.82) is 0 Å². The van der Waals surface area contributed by atoms with E-state index < -0.39 is 12.5 Å². The summed E-state index contributed by atoms with van der Waals surface area (Å²) in [4.78, 5) is 0. The summed E-state index contributed by atoms with van der Waals surface area (Å²) in [5, 5.41) is 10.0. The van der Waals surface area contributed by atoms with Gasteiger partial charge in [0, 0.05) is 12.0 Å². The highest BCUT2D eigenvalue weighted by atomic mass is 19.3. The molecule has 0 amide bonds. The fourth-order valence-electron chi connectivity index (χ4n) is 1.86. The molecule has 2 aromatic rings. The number of alkyl halides is 2. The fraction of sp³-hybridized carbons (Fsp3) is 0.200. The van der Waals surface area contributed by atoms with Crippen LogP contribution >= 0.6 is 0 Å². The van der Waals surface area contributed by atoms with Crippen molar-refractivity contribution in [3.63, 3.8) is 0 Å². The minimum atomic E-state index is -2.56. The Bertz CT molecular complexity index is 537. The zero-order chi connectivity index (χ0) is 13.8. The average Bonchev–Trinajstić information content (AvgIpc) is 2.41. The summed E-state index contributed by atoms with van der Waals surface area (Å²) < 4.78 is 37.9. The van der Waals surface area contributed by atoms with Gasteiger partial charge in [-0.3, -0.25) is 0 Å². The number of halogens is 3. The van der Waals surface area contributed by atoms with Gasteiger partial charge in [0.2, 0.25) is 0 Å². The lowest BCUT2D eigenvalue weighted by molar-refractivity contribution is 0.149. The minimum absolute atomic E-state index is 0.115. The van der Waals surface area contributed by atoms with Crippen LogP contribution in [0.5, 0.6) is 0 Å². The fourth-order valence-corrected chi connectivity index (χ4v) is 1.86. The Hall–Kier alpha value is -1.81. The molecule has 0 spiro atoms. The minimum Gasteiger partial charge on any atom is -0.388 e. The van der Waals surface area contributed by atoms with Crippen molar-refractivity contribution in [1.82, 2.24) is 0 Å². The topological polar surface area (TPSA) is 20.2 Å². The molecular weight excluding hydrogens is 253 g/mol. The van der Waals surface area contributed by atoms with Crippen LogP contribution in [0, 0.1) is 5.82 Å². The first-order valence-corrected chi connectivity index (χ1v) is 5.87. The molecule has 0 radical (unpaired) electrons. The Kier molecular flexibility index (Phi) is 4.22. The standard InChI is InChI=1S/C15H13F3O/c16-13-6-4-10(5-7-13)8-14(19)11-2-1-3-12(9-11)15(17)18/h1-7,9,14-15,19H,8H2. The lowest BCUT2D eigenvalue weighted by Gasteiger charge is -2.12. The van der Waals surface area contributed by atoms with Crippen molar-refractivity contribution < 1.29 is 18.3 Å². The third kappa shape index (κ3) is 3.58. The quantitative estimate of drug-likeness (QED) is 0.885. The summed E-state index contributed by atoms with van der Waals surface area (Å²) in [6.45, 7) is 0. The summed E-state index contributed by atoms with van der Waals surface area (Å²) in [6, 6.07) is 11.4. The molecule has 0 aliphatic carbocycles. The number of aliphatic hydroxyl groups excluding tert-OH is 1. The van der Waals surface area contributed by atoms with E-state index in [-0.39, 0.29) is 17.8 Å². The highest BCUT2D eigenvalue weighted by Crippen LogP contribution is 2.24. The number of hydrogen-bond acceptors (Lipinski definition) is 1. The highest BCUT2D eigenvalue weighted by molar-refractivity contribution is 5.28. The van der Waals surface area contributed by atoms with E-state index in [0.717, 1.165) is 5.56 Å². The van der Waals surface area contributed by atoms with E-state index >= 15 is 0 Å². The number of hydrogen-bond donors (Lipinski definition) is 1. The summed E-state index contributed by atoms with van der Waals surface area (Å²) >= 11 is 0. The third-order valence-electron chi connectivity index (χ3n) is 2.89. The zero-order valence-corrected chi connectivity index (χ0v) is 10.1. The van der Waals surface area contributed by atoms with Crippen molar-refractivity contribution in [3.05, 3.63) is 71.0 Å². The molecule has 0 bridgehead atoms. The molecular formula is C15H13F3O. The molecule has 2 rings (SSSR count). The first kappa shape index (κ1) is 13.6. The van der Waals surface area contributed by atoms with E-state index in [9.17, 15) is 18.3 Å². The van der Waals surface area contributed by atoms with E-state index in [1.165, 1.54) is 30.3 Å². The van der Waals surface area contributed by atoms with Crippen LogP contribution in [0.1, 0.15) is 29.2 Å². The van der Waals surface area contributed by atoms with E-state index in [4.69, 9.17) is 0 Å². The Morgan fingerprint density at radius 1 is 0.947 bits per heavy atom. The van der Waals surface area contributed by atoms with Crippen molar-refractivity contribution in [2.75, 3.05) is 0 Å². The van der Waals surface area contributed by atoms with Gasteiger partial charge in [-0.1, -0.05) is 30.3 Å². The van der Waals surface area contributed by atoms with Gasteiger partial charge in [0.1, 0.15) is 5.82 Å². The molecule has 19 heavy (non-hydrogen) atoms. The van der Waals surface area contributed by atoms with Crippen LogP contribution in [-0.4, -0.2) is 5.11 Å². The molecule has 4 heteroatoms. The van der Waals surface area contributed by atoms with Crippen LogP contribution in [-0.2, 0) is 6.42 Å². The Morgan fingerprint density at radius 2 is 1.58 bits per heavy atom. The second-order valence-corrected chi connectivity index (χ2v) is 4.32.